The number of piperidine rings is 1. The lowest BCUT2D eigenvalue weighted by Crippen LogP contribution is -2.49. The first-order chi connectivity index (χ1) is 8.92. The van der Waals surface area contributed by atoms with Gasteiger partial charge in [0.2, 0.25) is 5.91 Å². The van der Waals surface area contributed by atoms with Crippen molar-refractivity contribution in [1.29, 1.82) is 0 Å². The van der Waals surface area contributed by atoms with Crippen LogP contribution in [0.4, 0.5) is 0 Å². The molecule has 2 rings (SSSR count). The zero-order valence-electron chi connectivity index (χ0n) is 10.9. The number of sulfone groups is 1. The molecule has 108 valence electrons. The van der Waals surface area contributed by atoms with Gasteiger partial charge in [0.15, 0.2) is 9.84 Å². The lowest BCUT2D eigenvalue weighted by atomic mass is 9.96. The molecule has 2 aliphatic rings. The van der Waals surface area contributed by atoms with Gasteiger partial charge in [0.05, 0.1) is 10.7 Å². The van der Waals surface area contributed by atoms with E-state index in [9.17, 15) is 13.2 Å². The average molecular weight is 304 g/mol. The summed E-state index contributed by atoms with van der Waals surface area (Å²) < 4.78 is 23.9. The molecule has 5 nitrogen and oxygen atoms in total. The molecule has 2 fully saturated rings. The van der Waals surface area contributed by atoms with E-state index in [-0.39, 0.29) is 17.6 Å². The van der Waals surface area contributed by atoms with Gasteiger partial charge in [-0.15, -0.1) is 0 Å². The van der Waals surface area contributed by atoms with Crippen LogP contribution in [0.2, 0.25) is 0 Å². The summed E-state index contributed by atoms with van der Waals surface area (Å²) in [5.74, 6) is 0.107. The number of thiocarbonyl (C=S) groups is 1. The predicted octanol–water partition coefficient (Wildman–Crippen LogP) is 0.478. The smallest absolute Gasteiger partial charge is 0.240 e. The number of nitrogens with two attached hydrogens (primary N) is 1. The van der Waals surface area contributed by atoms with Gasteiger partial charge in [0.1, 0.15) is 5.25 Å². The van der Waals surface area contributed by atoms with Crippen LogP contribution < -0.4 is 5.73 Å². The standard InChI is InChI=1S/C12H20N2O3S2/c13-11(18)9-4-6-14(7-5-9)12(15)10-3-1-2-8-19(10,16)17/h9-10H,1-8H2,(H2,13,18). The van der Waals surface area contributed by atoms with Gasteiger partial charge in [-0.25, -0.2) is 8.42 Å². The Morgan fingerprint density at radius 2 is 1.79 bits per heavy atom. The van der Waals surface area contributed by atoms with Crippen LogP contribution in [0.5, 0.6) is 0 Å². The zero-order valence-corrected chi connectivity index (χ0v) is 12.5. The van der Waals surface area contributed by atoms with Crippen molar-refractivity contribution in [3.8, 4) is 0 Å². The molecular formula is C12H20N2O3S2. The molecule has 0 bridgehead atoms. The van der Waals surface area contributed by atoms with Crippen molar-refractivity contribution in [2.45, 2.75) is 37.4 Å². The topological polar surface area (TPSA) is 80.5 Å². The Kier molecular flexibility index (Phi) is 4.45. The van der Waals surface area contributed by atoms with E-state index >= 15 is 0 Å². The Morgan fingerprint density at radius 3 is 2.32 bits per heavy atom. The van der Waals surface area contributed by atoms with Gasteiger partial charge in [-0.05, 0) is 25.7 Å². The van der Waals surface area contributed by atoms with Gasteiger partial charge < -0.3 is 10.6 Å². The van der Waals surface area contributed by atoms with E-state index in [1.807, 2.05) is 0 Å². The van der Waals surface area contributed by atoms with E-state index in [2.05, 4.69) is 0 Å². The molecule has 2 heterocycles. The first-order valence-corrected chi connectivity index (χ1v) is 8.84. The highest BCUT2D eigenvalue weighted by Crippen LogP contribution is 2.24. The van der Waals surface area contributed by atoms with E-state index in [0.717, 1.165) is 19.3 Å². The second-order valence-electron chi connectivity index (χ2n) is 5.35. The first-order valence-electron chi connectivity index (χ1n) is 6.71. The largest absolute Gasteiger partial charge is 0.393 e. The van der Waals surface area contributed by atoms with Crippen molar-refractivity contribution in [3.63, 3.8) is 0 Å². The predicted molar refractivity (Wildman–Crippen MR) is 77.5 cm³/mol. The number of hydrogen-bond donors (Lipinski definition) is 1. The average Bonchev–Trinajstić information content (AvgIpc) is 2.37. The molecule has 0 aromatic heterocycles. The minimum absolute atomic E-state index is 0.146. The maximum Gasteiger partial charge on any atom is 0.240 e. The molecule has 2 N–H and O–H groups in total. The number of carbonyl (C=O) groups is 1. The van der Waals surface area contributed by atoms with Gasteiger partial charge in [-0.1, -0.05) is 18.6 Å². The molecule has 0 radical (unpaired) electrons. The molecular weight excluding hydrogens is 284 g/mol. The van der Waals surface area contributed by atoms with E-state index in [4.69, 9.17) is 18.0 Å². The number of amides is 1. The molecule has 0 saturated carbocycles. The Hall–Kier alpha value is -0.690. The normalized spacial score (nSPS) is 28.0. The summed E-state index contributed by atoms with van der Waals surface area (Å²) in [6.45, 7) is 1.12. The first kappa shape index (κ1) is 14.7. The van der Waals surface area contributed by atoms with Crippen molar-refractivity contribution >= 4 is 33.0 Å². The third-order valence-electron chi connectivity index (χ3n) is 4.06. The van der Waals surface area contributed by atoms with E-state index in [1.165, 1.54) is 0 Å². The number of rotatable bonds is 2. The van der Waals surface area contributed by atoms with Crippen LogP contribution in [0.1, 0.15) is 32.1 Å². The second-order valence-corrected chi connectivity index (χ2v) is 8.13. The van der Waals surface area contributed by atoms with Gasteiger partial charge >= 0.3 is 0 Å². The highest BCUT2D eigenvalue weighted by atomic mass is 32.2. The Morgan fingerprint density at radius 1 is 1.16 bits per heavy atom. The van der Waals surface area contributed by atoms with E-state index < -0.39 is 15.1 Å². The molecule has 1 amide bonds. The van der Waals surface area contributed by atoms with Gasteiger partial charge in [0.25, 0.3) is 0 Å². The highest BCUT2D eigenvalue weighted by Gasteiger charge is 2.38. The van der Waals surface area contributed by atoms with Gasteiger partial charge in [-0.3, -0.25) is 4.79 Å². The SMILES string of the molecule is NC(=S)C1CCN(C(=O)C2CCCCS2(=O)=O)CC1. The molecule has 0 aliphatic carbocycles. The van der Waals surface area contributed by atoms with Crippen LogP contribution in [0.15, 0.2) is 0 Å². The number of nitrogens with zero attached hydrogens (tertiary/aromatic N) is 1. The fourth-order valence-electron chi connectivity index (χ4n) is 2.82. The number of likely N-dealkylation sites (tertiary alicyclic amines) is 1. The molecule has 19 heavy (non-hydrogen) atoms. The maximum atomic E-state index is 12.3. The molecule has 1 unspecified atom stereocenters. The van der Waals surface area contributed by atoms with Crippen LogP contribution in [0.3, 0.4) is 0 Å². The molecule has 1 atom stereocenters. The fourth-order valence-corrected chi connectivity index (χ4v) is 4.93. The molecule has 2 saturated heterocycles. The Balaban J connectivity index is 1.99. The van der Waals surface area contributed by atoms with Crippen LogP contribution in [-0.2, 0) is 14.6 Å². The van der Waals surface area contributed by atoms with Crippen molar-refractivity contribution in [3.05, 3.63) is 0 Å². The quantitative estimate of drug-likeness (QED) is 0.751. The van der Waals surface area contributed by atoms with E-state index in [0.29, 0.717) is 30.9 Å². The summed E-state index contributed by atoms with van der Waals surface area (Å²) >= 11 is 4.96. The van der Waals surface area contributed by atoms with Crippen molar-refractivity contribution < 1.29 is 13.2 Å². The molecule has 0 aromatic rings. The summed E-state index contributed by atoms with van der Waals surface area (Å²) in [6.07, 6.45) is 3.45. The monoisotopic (exact) mass is 304 g/mol. The number of hydrogen-bond acceptors (Lipinski definition) is 4. The zero-order chi connectivity index (χ0) is 14.0. The van der Waals surface area contributed by atoms with Gasteiger partial charge in [0, 0.05) is 19.0 Å². The maximum absolute atomic E-state index is 12.3. The summed E-state index contributed by atoms with van der Waals surface area (Å²) in [7, 11) is -3.24. The van der Waals surface area contributed by atoms with Crippen molar-refractivity contribution in [2.75, 3.05) is 18.8 Å². The van der Waals surface area contributed by atoms with Crippen LogP contribution >= 0.6 is 12.2 Å². The molecule has 7 heteroatoms. The van der Waals surface area contributed by atoms with Crippen molar-refractivity contribution in [1.82, 2.24) is 4.90 Å². The lowest BCUT2D eigenvalue weighted by molar-refractivity contribution is -0.132. The third kappa shape index (κ3) is 3.25. The van der Waals surface area contributed by atoms with Crippen LogP contribution in [-0.4, -0.2) is 48.3 Å². The Bertz CT molecular complexity index is 467. The summed E-state index contributed by atoms with van der Waals surface area (Å²) in [5.41, 5.74) is 5.61. The summed E-state index contributed by atoms with van der Waals surface area (Å²) in [5, 5.41) is -0.817. The fraction of sp³-hybridized carbons (Fsp3) is 0.833. The van der Waals surface area contributed by atoms with Gasteiger partial charge in [-0.2, -0.15) is 0 Å². The molecule has 0 spiro atoms. The van der Waals surface area contributed by atoms with Crippen LogP contribution in [0, 0.1) is 5.92 Å². The number of carbonyl (C=O) groups excluding carboxylic acids is 1. The van der Waals surface area contributed by atoms with Crippen LogP contribution in [0.25, 0.3) is 0 Å². The molecule has 2 aliphatic heterocycles. The summed E-state index contributed by atoms with van der Waals surface area (Å²) in [6, 6.07) is 0. The minimum atomic E-state index is -3.24. The molecule has 0 aromatic carbocycles. The second kappa shape index (κ2) is 5.75. The minimum Gasteiger partial charge on any atom is -0.393 e. The summed E-state index contributed by atoms with van der Waals surface area (Å²) in [4.78, 5) is 14.5. The van der Waals surface area contributed by atoms with E-state index in [1.54, 1.807) is 4.90 Å². The third-order valence-corrected chi connectivity index (χ3v) is 6.56. The Labute approximate surface area is 119 Å². The lowest BCUT2D eigenvalue weighted by Gasteiger charge is -2.34. The van der Waals surface area contributed by atoms with Crippen molar-refractivity contribution in [2.24, 2.45) is 11.7 Å². The highest BCUT2D eigenvalue weighted by molar-refractivity contribution is 7.92.